The molecular weight excluding hydrogens is 264 g/mol. The van der Waals surface area contributed by atoms with Crippen molar-refractivity contribution in [3.8, 4) is 0 Å². The molecule has 1 unspecified atom stereocenters. The van der Waals surface area contributed by atoms with E-state index in [1.165, 1.54) is 25.7 Å². The molecule has 5 heteroatoms. The van der Waals surface area contributed by atoms with Gasteiger partial charge in [0.15, 0.2) is 0 Å². The van der Waals surface area contributed by atoms with Gasteiger partial charge in [-0.15, -0.1) is 0 Å². The topological polar surface area (TPSA) is 54.2 Å². The molecule has 0 bridgehead atoms. The van der Waals surface area contributed by atoms with Gasteiger partial charge in [0.05, 0.1) is 6.10 Å². The van der Waals surface area contributed by atoms with Crippen LogP contribution in [0.5, 0.6) is 0 Å². The molecule has 1 aliphatic heterocycles. The highest BCUT2D eigenvalue weighted by atomic mass is 16.3. The van der Waals surface area contributed by atoms with Crippen LogP contribution in [0.25, 0.3) is 0 Å². The Bertz CT molecular complexity index is 422. The highest BCUT2D eigenvalue weighted by molar-refractivity contribution is 4.97. The number of nitrogens with zero attached hydrogens (tertiary/aromatic N) is 4. The van der Waals surface area contributed by atoms with Gasteiger partial charge in [-0.2, -0.15) is 5.10 Å². The van der Waals surface area contributed by atoms with Crippen LogP contribution in [-0.2, 0) is 13.0 Å². The van der Waals surface area contributed by atoms with Gasteiger partial charge in [0.25, 0.3) is 0 Å². The van der Waals surface area contributed by atoms with Crippen molar-refractivity contribution >= 4 is 0 Å². The van der Waals surface area contributed by atoms with E-state index in [4.69, 9.17) is 0 Å². The minimum absolute atomic E-state index is 0.215. The zero-order chi connectivity index (χ0) is 15.3. The van der Waals surface area contributed by atoms with Crippen molar-refractivity contribution in [1.29, 1.82) is 0 Å². The Labute approximate surface area is 128 Å². The molecule has 1 aliphatic rings. The Balaban J connectivity index is 2.02. The fourth-order valence-corrected chi connectivity index (χ4v) is 3.13. The lowest BCUT2D eigenvalue weighted by Crippen LogP contribution is -2.53. The molecular formula is C16H30N4O. The van der Waals surface area contributed by atoms with Crippen molar-refractivity contribution in [2.24, 2.45) is 0 Å². The van der Waals surface area contributed by atoms with Crippen molar-refractivity contribution < 1.29 is 5.11 Å². The second kappa shape index (κ2) is 7.36. The molecule has 1 fully saturated rings. The number of hydrogen-bond acceptors (Lipinski definition) is 4. The SMILES string of the molecule is CCCn1ncnc1CC(O)C(C)(C)N1CCCCCC1. The van der Waals surface area contributed by atoms with E-state index in [9.17, 15) is 5.11 Å². The number of aromatic nitrogens is 3. The Kier molecular flexibility index (Phi) is 5.76. The van der Waals surface area contributed by atoms with Crippen LogP contribution < -0.4 is 0 Å². The summed E-state index contributed by atoms with van der Waals surface area (Å²) in [5, 5.41) is 15.0. The maximum Gasteiger partial charge on any atom is 0.138 e. The molecule has 2 rings (SSSR count). The van der Waals surface area contributed by atoms with Crippen molar-refractivity contribution in [3.63, 3.8) is 0 Å². The Morgan fingerprint density at radius 2 is 1.90 bits per heavy atom. The second-order valence-corrected chi connectivity index (χ2v) is 6.67. The first-order valence-corrected chi connectivity index (χ1v) is 8.35. The summed E-state index contributed by atoms with van der Waals surface area (Å²) in [6.45, 7) is 9.49. The predicted octanol–water partition coefficient (Wildman–Crippen LogP) is 2.25. The molecule has 0 aromatic carbocycles. The monoisotopic (exact) mass is 294 g/mol. The van der Waals surface area contributed by atoms with E-state index in [0.29, 0.717) is 6.42 Å². The summed E-state index contributed by atoms with van der Waals surface area (Å²) in [5.74, 6) is 0.896. The van der Waals surface area contributed by atoms with Crippen LogP contribution in [0.4, 0.5) is 0 Å². The minimum atomic E-state index is -0.421. The molecule has 1 saturated heterocycles. The Morgan fingerprint density at radius 3 is 2.52 bits per heavy atom. The summed E-state index contributed by atoms with van der Waals surface area (Å²) >= 11 is 0. The summed E-state index contributed by atoms with van der Waals surface area (Å²) in [6.07, 6.45) is 7.88. The normalized spacial score (nSPS) is 19.4. The first-order chi connectivity index (χ1) is 10.1. The van der Waals surface area contributed by atoms with Crippen LogP contribution in [0.2, 0.25) is 0 Å². The van der Waals surface area contributed by atoms with Crippen LogP contribution >= 0.6 is 0 Å². The van der Waals surface area contributed by atoms with E-state index in [1.807, 2.05) is 4.68 Å². The van der Waals surface area contributed by atoms with E-state index in [-0.39, 0.29) is 5.54 Å². The molecule has 0 radical (unpaired) electrons. The molecule has 0 amide bonds. The fraction of sp³-hybridized carbons (Fsp3) is 0.875. The minimum Gasteiger partial charge on any atom is -0.391 e. The highest BCUT2D eigenvalue weighted by Gasteiger charge is 2.35. The summed E-state index contributed by atoms with van der Waals surface area (Å²) in [6, 6.07) is 0. The smallest absolute Gasteiger partial charge is 0.138 e. The third-order valence-electron chi connectivity index (χ3n) is 4.74. The summed E-state index contributed by atoms with van der Waals surface area (Å²) in [5.41, 5.74) is -0.215. The Morgan fingerprint density at radius 1 is 1.24 bits per heavy atom. The first kappa shape index (κ1) is 16.4. The lowest BCUT2D eigenvalue weighted by atomic mass is 9.91. The zero-order valence-corrected chi connectivity index (χ0v) is 13.8. The second-order valence-electron chi connectivity index (χ2n) is 6.67. The molecule has 0 aliphatic carbocycles. The van der Waals surface area contributed by atoms with E-state index in [2.05, 4.69) is 35.8 Å². The first-order valence-electron chi connectivity index (χ1n) is 8.35. The van der Waals surface area contributed by atoms with E-state index >= 15 is 0 Å². The maximum atomic E-state index is 10.8. The van der Waals surface area contributed by atoms with Gasteiger partial charge in [-0.3, -0.25) is 9.58 Å². The van der Waals surface area contributed by atoms with Gasteiger partial charge in [-0.05, 0) is 46.2 Å². The van der Waals surface area contributed by atoms with Gasteiger partial charge >= 0.3 is 0 Å². The van der Waals surface area contributed by atoms with Gasteiger partial charge in [0.2, 0.25) is 0 Å². The number of aryl methyl sites for hydroxylation is 1. The largest absolute Gasteiger partial charge is 0.391 e. The van der Waals surface area contributed by atoms with Gasteiger partial charge < -0.3 is 5.11 Å². The number of aliphatic hydroxyl groups excluding tert-OH is 1. The lowest BCUT2D eigenvalue weighted by molar-refractivity contribution is -0.00936. The van der Waals surface area contributed by atoms with Crippen LogP contribution in [0.1, 0.15) is 58.7 Å². The molecule has 1 N–H and O–H groups in total. The standard InChI is InChI=1S/C16H30N4O/c1-4-9-20-15(17-13-18-20)12-14(21)16(2,3)19-10-7-5-6-8-11-19/h13-14,21H,4-12H2,1-3H3. The van der Waals surface area contributed by atoms with Crippen molar-refractivity contribution in [3.05, 3.63) is 12.2 Å². The van der Waals surface area contributed by atoms with Crippen LogP contribution in [0.15, 0.2) is 6.33 Å². The third kappa shape index (κ3) is 4.04. The van der Waals surface area contributed by atoms with Gasteiger partial charge in [0, 0.05) is 18.5 Å². The summed E-state index contributed by atoms with van der Waals surface area (Å²) in [7, 11) is 0. The molecule has 1 aromatic heterocycles. The molecule has 1 atom stereocenters. The summed E-state index contributed by atoms with van der Waals surface area (Å²) in [4.78, 5) is 6.77. The number of likely N-dealkylation sites (tertiary alicyclic amines) is 1. The average Bonchev–Trinajstić information content (AvgIpc) is 2.73. The molecule has 1 aromatic rings. The molecule has 21 heavy (non-hydrogen) atoms. The van der Waals surface area contributed by atoms with Crippen LogP contribution in [-0.4, -0.2) is 49.5 Å². The molecule has 0 saturated carbocycles. The van der Waals surface area contributed by atoms with Crippen LogP contribution in [0.3, 0.4) is 0 Å². The highest BCUT2D eigenvalue weighted by Crippen LogP contribution is 2.25. The van der Waals surface area contributed by atoms with Gasteiger partial charge in [-0.1, -0.05) is 19.8 Å². The van der Waals surface area contributed by atoms with E-state index < -0.39 is 6.10 Å². The number of hydrogen-bond donors (Lipinski definition) is 1. The fourth-order valence-electron chi connectivity index (χ4n) is 3.13. The average molecular weight is 294 g/mol. The van der Waals surface area contributed by atoms with Gasteiger partial charge in [-0.25, -0.2) is 4.98 Å². The summed E-state index contributed by atoms with van der Waals surface area (Å²) < 4.78 is 1.92. The third-order valence-corrected chi connectivity index (χ3v) is 4.74. The lowest BCUT2D eigenvalue weighted by Gasteiger charge is -2.41. The number of rotatable bonds is 6. The molecule has 0 spiro atoms. The molecule has 2 heterocycles. The Hall–Kier alpha value is -0.940. The molecule has 120 valence electrons. The van der Waals surface area contributed by atoms with E-state index in [0.717, 1.165) is 31.9 Å². The zero-order valence-electron chi connectivity index (χ0n) is 13.8. The van der Waals surface area contributed by atoms with Crippen molar-refractivity contribution in [1.82, 2.24) is 19.7 Å². The molecule has 5 nitrogen and oxygen atoms in total. The predicted molar refractivity (Wildman–Crippen MR) is 84.1 cm³/mol. The van der Waals surface area contributed by atoms with Crippen molar-refractivity contribution in [2.75, 3.05) is 13.1 Å². The van der Waals surface area contributed by atoms with E-state index in [1.54, 1.807) is 6.33 Å². The number of aliphatic hydroxyl groups is 1. The quantitative estimate of drug-likeness (QED) is 0.874. The van der Waals surface area contributed by atoms with Crippen molar-refractivity contribution in [2.45, 2.75) is 77.5 Å². The van der Waals surface area contributed by atoms with Gasteiger partial charge in [0.1, 0.15) is 12.2 Å². The maximum absolute atomic E-state index is 10.8. The van der Waals surface area contributed by atoms with Crippen LogP contribution in [0, 0.1) is 0 Å².